The third-order valence-corrected chi connectivity index (χ3v) is 6.70. The Balaban J connectivity index is 4.90. The first-order valence-electron chi connectivity index (χ1n) is 7.71. The van der Waals surface area contributed by atoms with E-state index in [-0.39, 0.29) is 40.9 Å². The SMILES string of the molecule is O=PCN(CCN(C[PH](=O)O)CP(=O)(O)O)CCN(C[PH](=O)O)CP(=O)(O)O. The van der Waals surface area contributed by atoms with Gasteiger partial charge >= 0.3 is 15.2 Å². The molecule has 0 rings (SSSR count). The predicted molar refractivity (Wildman–Crippen MR) is 103 cm³/mol. The van der Waals surface area contributed by atoms with Gasteiger partial charge in [0.25, 0.3) is 0 Å². The Morgan fingerprint density at radius 3 is 1.29 bits per heavy atom. The minimum atomic E-state index is -4.47. The lowest BCUT2D eigenvalue weighted by atomic mass is 10.4. The maximum absolute atomic E-state index is 11.1. The van der Waals surface area contributed by atoms with Crippen molar-refractivity contribution in [3.63, 3.8) is 0 Å². The van der Waals surface area contributed by atoms with Gasteiger partial charge < -0.3 is 29.4 Å². The van der Waals surface area contributed by atoms with E-state index in [9.17, 15) is 22.8 Å². The Morgan fingerprint density at radius 1 is 0.714 bits per heavy atom. The summed E-state index contributed by atoms with van der Waals surface area (Å²) in [6.07, 6.45) is -2.35. The van der Waals surface area contributed by atoms with Crippen LogP contribution in [-0.2, 0) is 22.8 Å². The van der Waals surface area contributed by atoms with E-state index in [1.807, 2.05) is 0 Å². The quantitative estimate of drug-likeness (QED) is 0.142. The van der Waals surface area contributed by atoms with Crippen LogP contribution in [0.2, 0.25) is 0 Å². The van der Waals surface area contributed by atoms with E-state index in [1.165, 1.54) is 4.90 Å². The highest BCUT2D eigenvalue weighted by atomic mass is 31.2. The van der Waals surface area contributed by atoms with Crippen molar-refractivity contribution in [2.24, 2.45) is 0 Å². The van der Waals surface area contributed by atoms with E-state index in [0.29, 0.717) is 0 Å². The lowest BCUT2D eigenvalue weighted by Crippen LogP contribution is -2.39. The zero-order valence-corrected chi connectivity index (χ0v) is 19.5. The van der Waals surface area contributed by atoms with Gasteiger partial charge in [0.15, 0.2) is 8.46 Å². The van der Waals surface area contributed by atoms with E-state index in [2.05, 4.69) is 0 Å². The molecule has 0 spiro atoms. The van der Waals surface area contributed by atoms with Gasteiger partial charge in [-0.1, -0.05) is 0 Å². The Hall–Kier alpha value is 0.660. The molecule has 0 aromatic heterocycles. The van der Waals surface area contributed by atoms with Gasteiger partial charge in [-0.15, -0.1) is 0 Å². The third-order valence-electron chi connectivity index (χ3n) is 3.21. The second kappa shape index (κ2) is 13.9. The van der Waals surface area contributed by atoms with Crippen molar-refractivity contribution in [3.05, 3.63) is 0 Å². The van der Waals surface area contributed by atoms with Gasteiger partial charge in [0, 0.05) is 26.2 Å². The molecule has 0 heterocycles. The zero-order valence-electron chi connectivity index (χ0n) is 14.8. The summed E-state index contributed by atoms with van der Waals surface area (Å²) in [5.41, 5.74) is 0. The molecule has 14 nitrogen and oxygen atoms in total. The van der Waals surface area contributed by atoms with Crippen molar-refractivity contribution >= 4 is 39.7 Å². The monoisotopic (exact) mass is 507 g/mol. The van der Waals surface area contributed by atoms with Crippen LogP contribution in [0.3, 0.4) is 0 Å². The zero-order chi connectivity index (χ0) is 22.0. The summed E-state index contributed by atoms with van der Waals surface area (Å²) in [6, 6.07) is 0. The van der Waals surface area contributed by atoms with Crippen LogP contribution in [0.25, 0.3) is 0 Å². The standard InChI is InChI=1S/C9H26N3O11P5/c13-24-5-10(1-3-11(6-25(14)15)8-27(18,19)20)2-4-12(7-26(16)17)9-28(21,22)23/h25-26H,1-9H2,(H,14,15)(H,16,17)(H2,18,19,20)(H2,21,22,23). The molecule has 6 N–H and O–H groups in total. The molecule has 19 heteroatoms. The normalized spacial score (nSPS) is 15.6. The van der Waals surface area contributed by atoms with Crippen LogP contribution in [0.4, 0.5) is 0 Å². The average Bonchev–Trinajstić information content (AvgIpc) is 2.45. The number of rotatable bonds is 16. The van der Waals surface area contributed by atoms with Gasteiger partial charge in [0.05, 0.1) is 18.9 Å². The van der Waals surface area contributed by atoms with Crippen LogP contribution >= 0.6 is 39.7 Å². The summed E-state index contributed by atoms with van der Waals surface area (Å²) >= 11 is 0. The Morgan fingerprint density at radius 2 is 1.04 bits per heavy atom. The minimum absolute atomic E-state index is 0.0177. The fraction of sp³-hybridized carbons (Fsp3) is 1.00. The maximum Gasteiger partial charge on any atom is 0.339 e. The third kappa shape index (κ3) is 17.5. The van der Waals surface area contributed by atoms with E-state index in [0.717, 1.165) is 9.80 Å². The molecule has 2 atom stereocenters. The molecule has 0 aromatic rings. The molecule has 0 amide bonds. The van der Waals surface area contributed by atoms with Crippen molar-refractivity contribution in [1.82, 2.24) is 14.7 Å². The van der Waals surface area contributed by atoms with Gasteiger partial charge in [-0.2, -0.15) is 0 Å². The summed E-state index contributed by atoms with van der Waals surface area (Å²) in [7, 11) is -15.3. The summed E-state index contributed by atoms with van der Waals surface area (Å²) < 4.78 is 55.2. The summed E-state index contributed by atoms with van der Waals surface area (Å²) in [4.78, 5) is 57.9. The summed E-state index contributed by atoms with van der Waals surface area (Å²) in [5.74, 6) is 0. The first kappa shape index (κ1) is 28.7. The number of hydrogen-bond acceptors (Lipinski definition) is 8. The van der Waals surface area contributed by atoms with Gasteiger partial charge in [-0.25, -0.2) is 0 Å². The van der Waals surface area contributed by atoms with Crippen molar-refractivity contribution in [1.29, 1.82) is 0 Å². The second-order valence-corrected chi connectivity index (χ2v) is 11.9. The van der Waals surface area contributed by atoms with E-state index in [4.69, 9.17) is 29.4 Å². The molecule has 0 saturated heterocycles. The molecule has 28 heavy (non-hydrogen) atoms. The molecule has 0 aliphatic rings. The molecule has 0 aliphatic carbocycles. The molecule has 0 bridgehead atoms. The lowest BCUT2D eigenvalue weighted by Gasteiger charge is -2.28. The average molecular weight is 507 g/mol. The molecule has 0 aliphatic heterocycles. The molecular weight excluding hydrogens is 481 g/mol. The van der Waals surface area contributed by atoms with Crippen LogP contribution in [-0.4, -0.2) is 102 Å². The van der Waals surface area contributed by atoms with Crippen molar-refractivity contribution in [2.75, 3.05) is 57.6 Å². The number of nitrogens with zero attached hydrogens (tertiary/aromatic N) is 3. The fourth-order valence-electron chi connectivity index (χ4n) is 2.20. The predicted octanol–water partition coefficient (Wildman–Crippen LogP) is -0.739. The van der Waals surface area contributed by atoms with Crippen LogP contribution in [0.1, 0.15) is 0 Å². The highest BCUT2D eigenvalue weighted by Gasteiger charge is 2.23. The smallest absolute Gasteiger partial charge is 0.339 e. The minimum Gasteiger partial charge on any atom is -0.345 e. The summed E-state index contributed by atoms with van der Waals surface area (Å²) in [6.45, 7) is 0.101. The molecule has 0 fully saturated rings. The van der Waals surface area contributed by atoms with E-state index in [1.54, 1.807) is 0 Å². The van der Waals surface area contributed by atoms with Gasteiger partial charge in [0.1, 0.15) is 12.6 Å². The molecule has 168 valence electrons. The Bertz CT molecular complexity index is 577. The van der Waals surface area contributed by atoms with E-state index >= 15 is 0 Å². The fourth-order valence-corrected chi connectivity index (χ4v) is 5.86. The first-order chi connectivity index (χ1) is 12.7. The molecular formula is C9H26N3O11P5. The Labute approximate surface area is 164 Å². The molecule has 2 unspecified atom stereocenters. The van der Waals surface area contributed by atoms with Crippen molar-refractivity contribution < 1.29 is 52.2 Å². The van der Waals surface area contributed by atoms with Crippen LogP contribution in [0, 0.1) is 0 Å². The highest BCUT2D eigenvalue weighted by Crippen LogP contribution is 2.37. The second-order valence-electron chi connectivity index (χ2n) is 5.89. The van der Waals surface area contributed by atoms with Gasteiger partial charge in [-0.05, 0) is 0 Å². The first-order valence-corrected chi connectivity index (χ1v) is 15.4. The van der Waals surface area contributed by atoms with Gasteiger partial charge in [-0.3, -0.25) is 37.5 Å². The van der Waals surface area contributed by atoms with Crippen molar-refractivity contribution in [2.45, 2.75) is 0 Å². The molecule has 0 saturated carbocycles. The van der Waals surface area contributed by atoms with Crippen LogP contribution in [0.5, 0.6) is 0 Å². The molecule has 0 radical (unpaired) electrons. The van der Waals surface area contributed by atoms with Crippen LogP contribution < -0.4 is 0 Å². The Kier molecular flexibility index (Phi) is 14.2. The van der Waals surface area contributed by atoms with E-state index < -0.39 is 56.4 Å². The topological polar surface area (TPSA) is 216 Å². The maximum atomic E-state index is 11.1. The lowest BCUT2D eigenvalue weighted by molar-refractivity contribution is 0.215. The van der Waals surface area contributed by atoms with Crippen LogP contribution in [0.15, 0.2) is 0 Å². The number of hydrogen-bond donors (Lipinski definition) is 6. The van der Waals surface area contributed by atoms with Crippen molar-refractivity contribution in [3.8, 4) is 0 Å². The summed E-state index contributed by atoms with van der Waals surface area (Å²) in [5, 5.41) is 0. The highest BCUT2D eigenvalue weighted by molar-refractivity contribution is 7.52. The van der Waals surface area contributed by atoms with Gasteiger partial charge in [0.2, 0.25) is 16.1 Å². The molecule has 0 aromatic carbocycles. The largest absolute Gasteiger partial charge is 0.345 e.